The van der Waals surface area contributed by atoms with Crippen molar-refractivity contribution in [3.8, 4) is 5.75 Å². The maximum Gasteiger partial charge on any atom is 0.262 e. The SMILES string of the molecule is COc1ccccc1NS(=O)(=O)c1ccc(C)c(NS(=O)(=O)c2ccc(C(C)C)cc2)c1. The summed E-state index contributed by atoms with van der Waals surface area (Å²) in [6, 6.07) is 17.5. The molecule has 170 valence electrons. The lowest BCUT2D eigenvalue weighted by molar-refractivity contribution is 0.417. The number of para-hydroxylation sites is 2. The third-order valence-corrected chi connectivity index (χ3v) is 7.72. The van der Waals surface area contributed by atoms with Crippen molar-refractivity contribution in [2.24, 2.45) is 0 Å². The lowest BCUT2D eigenvalue weighted by atomic mass is 10.0. The van der Waals surface area contributed by atoms with Gasteiger partial charge in [0.2, 0.25) is 0 Å². The second kappa shape index (κ2) is 9.22. The Kier molecular flexibility index (Phi) is 6.80. The fourth-order valence-electron chi connectivity index (χ4n) is 3.05. The van der Waals surface area contributed by atoms with Gasteiger partial charge in [0.1, 0.15) is 5.75 Å². The van der Waals surface area contributed by atoms with Gasteiger partial charge < -0.3 is 4.74 Å². The van der Waals surface area contributed by atoms with Gasteiger partial charge in [-0.05, 0) is 60.4 Å². The topological polar surface area (TPSA) is 102 Å². The standard InChI is InChI=1S/C23H26N2O5S2/c1-16(2)18-10-13-19(14-11-18)31(26,27)25-22-15-20(12-9-17(22)3)32(28,29)24-21-7-5-6-8-23(21)30-4/h5-16,24-25H,1-4H3. The maximum atomic E-state index is 12.9. The minimum atomic E-state index is -3.99. The molecule has 32 heavy (non-hydrogen) atoms. The average Bonchev–Trinajstić information content (AvgIpc) is 2.75. The Morgan fingerprint density at radius 2 is 1.31 bits per heavy atom. The van der Waals surface area contributed by atoms with Gasteiger partial charge >= 0.3 is 0 Å². The molecule has 0 aromatic heterocycles. The third kappa shape index (κ3) is 5.23. The maximum absolute atomic E-state index is 12.9. The Bertz CT molecular complexity index is 1320. The summed E-state index contributed by atoms with van der Waals surface area (Å²) in [6.07, 6.45) is 0. The molecule has 0 fully saturated rings. The molecule has 0 saturated heterocycles. The zero-order chi connectivity index (χ0) is 23.5. The van der Waals surface area contributed by atoms with Crippen LogP contribution in [0.25, 0.3) is 0 Å². The van der Waals surface area contributed by atoms with Crippen molar-refractivity contribution in [3.05, 3.63) is 77.9 Å². The summed E-state index contributed by atoms with van der Waals surface area (Å²) in [7, 11) is -6.44. The zero-order valence-corrected chi connectivity index (χ0v) is 19.9. The Hall–Kier alpha value is -3.04. The van der Waals surface area contributed by atoms with Crippen LogP contribution in [0.2, 0.25) is 0 Å². The van der Waals surface area contributed by atoms with Gasteiger partial charge in [0.25, 0.3) is 20.0 Å². The Morgan fingerprint density at radius 3 is 1.94 bits per heavy atom. The van der Waals surface area contributed by atoms with Crippen molar-refractivity contribution < 1.29 is 21.6 Å². The van der Waals surface area contributed by atoms with E-state index in [9.17, 15) is 16.8 Å². The lowest BCUT2D eigenvalue weighted by Crippen LogP contribution is -2.16. The number of anilines is 2. The summed E-state index contributed by atoms with van der Waals surface area (Å²) >= 11 is 0. The molecule has 0 bridgehead atoms. The second-order valence-electron chi connectivity index (χ2n) is 7.61. The third-order valence-electron chi connectivity index (χ3n) is 4.97. The number of methoxy groups -OCH3 is 1. The van der Waals surface area contributed by atoms with Gasteiger partial charge in [-0.2, -0.15) is 0 Å². The van der Waals surface area contributed by atoms with Gasteiger partial charge in [-0.3, -0.25) is 9.44 Å². The first-order chi connectivity index (χ1) is 15.0. The Morgan fingerprint density at radius 1 is 0.750 bits per heavy atom. The van der Waals surface area contributed by atoms with Crippen molar-refractivity contribution >= 4 is 31.4 Å². The van der Waals surface area contributed by atoms with Gasteiger partial charge in [-0.15, -0.1) is 0 Å². The van der Waals surface area contributed by atoms with E-state index < -0.39 is 20.0 Å². The fourth-order valence-corrected chi connectivity index (χ4v) is 5.26. The Balaban J connectivity index is 1.91. The highest BCUT2D eigenvalue weighted by molar-refractivity contribution is 7.93. The molecular weight excluding hydrogens is 448 g/mol. The van der Waals surface area contributed by atoms with Crippen molar-refractivity contribution in [3.63, 3.8) is 0 Å². The van der Waals surface area contributed by atoms with Gasteiger partial charge in [-0.25, -0.2) is 16.8 Å². The quantitative estimate of drug-likeness (QED) is 0.492. The molecule has 0 amide bonds. The van der Waals surface area contributed by atoms with E-state index in [0.717, 1.165) is 5.56 Å². The minimum absolute atomic E-state index is 0.0816. The summed E-state index contributed by atoms with van der Waals surface area (Å²) in [5, 5.41) is 0. The van der Waals surface area contributed by atoms with E-state index in [1.165, 1.54) is 31.4 Å². The van der Waals surface area contributed by atoms with Crippen molar-refractivity contribution in [2.75, 3.05) is 16.6 Å². The Labute approximate surface area is 189 Å². The van der Waals surface area contributed by atoms with Crippen molar-refractivity contribution in [2.45, 2.75) is 36.5 Å². The predicted octanol–water partition coefficient (Wildman–Crippen LogP) is 4.73. The first kappa shape index (κ1) is 23.6. The van der Waals surface area contributed by atoms with E-state index in [0.29, 0.717) is 11.3 Å². The van der Waals surface area contributed by atoms with Crippen LogP contribution in [0.1, 0.15) is 30.9 Å². The monoisotopic (exact) mass is 474 g/mol. The molecule has 0 spiro atoms. The fraction of sp³-hybridized carbons (Fsp3) is 0.217. The van der Waals surface area contributed by atoms with E-state index in [1.807, 2.05) is 13.8 Å². The van der Waals surface area contributed by atoms with Crippen molar-refractivity contribution in [1.82, 2.24) is 0 Å². The van der Waals surface area contributed by atoms with E-state index in [1.54, 1.807) is 49.4 Å². The van der Waals surface area contributed by atoms with Crippen molar-refractivity contribution in [1.29, 1.82) is 0 Å². The largest absolute Gasteiger partial charge is 0.495 e. The predicted molar refractivity (Wildman–Crippen MR) is 126 cm³/mol. The van der Waals surface area contributed by atoms with Crippen LogP contribution in [0.5, 0.6) is 5.75 Å². The molecule has 0 aliphatic carbocycles. The normalized spacial score (nSPS) is 11.9. The summed E-state index contributed by atoms with van der Waals surface area (Å²) in [4.78, 5) is 0.0172. The number of rotatable bonds is 8. The average molecular weight is 475 g/mol. The van der Waals surface area contributed by atoms with Crippen LogP contribution in [-0.2, 0) is 20.0 Å². The number of hydrogen-bond donors (Lipinski definition) is 2. The number of ether oxygens (including phenoxy) is 1. The highest BCUT2D eigenvalue weighted by Gasteiger charge is 2.20. The summed E-state index contributed by atoms with van der Waals surface area (Å²) in [5.41, 5.74) is 2.07. The lowest BCUT2D eigenvalue weighted by Gasteiger charge is -2.15. The minimum Gasteiger partial charge on any atom is -0.495 e. The van der Waals surface area contributed by atoms with Crippen LogP contribution in [0.3, 0.4) is 0 Å². The van der Waals surface area contributed by atoms with Crippen LogP contribution in [0.4, 0.5) is 11.4 Å². The molecule has 0 heterocycles. The van der Waals surface area contributed by atoms with Gasteiger partial charge in [-0.1, -0.05) is 44.2 Å². The molecular formula is C23H26N2O5S2. The van der Waals surface area contributed by atoms with Gasteiger partial charge in [0.15, 0.2) is 0 Å². The molecule has 0 radical (unpaired) electrons. The number of hydrogen-bond acceptors (Lipinski definition) is 5. The summed E-state index contributed by atoms with van der Waals surface area (Å²) in [5.74, 6) is 0.647. The molecule has 0 aliphatic heterocycles. The number of aryl methyl sites for hydroxylation is 1. The smallest absolute Gasteiger partial charge is 0.262 e. The molecule has 0 aliphatic rings. The number of sulfonamides is 2. The van der Waals surface area contributed by atoms with Crippen LogP contribution in [0.15, 0.2) is 76.5 Å². The molecule has 0 saturated carbocycles. The van der Waals surface area contributed by atoms with E-state index >= 15 is 0 Å². The molecule has 7 nitrogen and oxygen atoms in total. The summed E-state index contributed by atoms with van der Waals surface area (Å²) < 4.78 is 61.8. The first-order valence-corrected chi connectivity index (χ1v) is 12.9. The molecule has 9 heteroatoms. The van der Waals surface area contributed by atoms with Crippen LogP contribution in [0, 0.1) is 6.92 Å². The van der Waals surface area contributed by atoms with Gasteiger partial charge in [0.05, 0.1) is 28.3 Å². The zero-order valence-electron chi connectivity index (χ0n) is 18.3. The molecule has 2 N–H and O–H groups in total. The van der Waals surface area contributed by atoms with Crippen LogP contribution >= 0.6 is 0 Å². The van der Waals surface area contributed by atoms with E-state index in [4.69, 9.17) is 4.74 Å². The molecule has 0 atom stereocenters. The van der Waals surface area contributed by atoms with Crippen LogP contribution < -0.4 is 14.2 Å². The number of nitrogens with one attached hydrogen (secondary N) is 2. The highest BCUT2D eigenvalue weighted by Crippen LogP contribution is 2.29. The molecule has 3 aromatic carbocycles. The summed E-state index contributed by atoms with van der Waals surface area (Å²) in [6.45, 7) is 5.75. The molecule has 3 aromatic rings. The molecule has 0 unspecified atom stereocenters. The van der Waals surface area contributed by atoms with E-state index in [-0.39, 0.29) is 27.1 Å². The van der Waals surface area contributed by atoms with Crippen LogP contribution in [-0.4, -0.2) is 23.9 Å². The molecule has 3 rings (SSSR count). The number of benzene rings is 3. The first-order valence-electron chi connectivity index (χ1n) is 9.93. The van der Waals surface area contributed by atoms with Gasteiger partial charge in [0, 0.05) is 0 Å². The second-order valence-corrected chi connectivity index (χ2v) is 11.0. The highest BCUT2D eigenvalue weighted by atomic mass is 32.2. The van der Waals surface area contributed by atoms with E-state index in [2.05, 4.69) is 9.44 Å².